The number of rotatable bonds is 3. The molecule has 0 radical (unpaired) electrons. The number of carbonyl (C=O) groups is 3. The van der Waals surface area contributed by atoms with E-state index in [0.717, 1.165) is 10.5 Å². The van der Waals surface area contributed by atoms with Crippen LogP contribution < -0.4 is 10.6 Å². The van der Waals surface area contributed by atoms with Crippen LogP contribution in [-0.2, 0) is 9.59 Å². The maximum atomic E-state index is 12.9. The maximum Gasteiger partial charge on any atom is 0.326 e. The first-order valence-electron chi connectivity index (χ1n) is 7.43. The monoisotopic (exact) mass is 342 g/mol. The van der Waals surface area contributed by atoms with Gasteiger partial charge in [-0.2, -0.15) is 0 Å². The first-order chi connectivity index (χ1) is 11.4. The second-order valence-corrected chi connectivity index (χ2v) is 6.12. The second-order valence-electron chi connectivity index (χ2n) is 5.68. The number of benzene rings is 2. The van der Waals surface area contributed by atoms with Gasteiger partial charge in [0, 0.05) is 10.9 Å². The summed E-state index contributed by atoms with van der Waals surface area (Å²) in [5.41, 5.74) is 6.85. The van der Waals surface area contributed by atoms with Gasteiger partial charge in [0.2, 0.25) is 5.91 Å². The Morgan fingerprint density at radius 1 is 1.17 bits per heavy atom. The van der Waals surface area contributed by atoms with Crippen molar-refractivity contribution in [3.05, 3.63) is 64.7 Å². The molecule has 0 aromatic heterocycles. The lowest BCUT2D eigenvalue weighted by Crippen LogP contribution is -2.40. The van der Waals surface area contributed by atoms with E-state index in [0.29, 0.717) is 10.6 Å². The highest BCUT2D eigenvalue weighted by molar-refractivity contribution is 6.32. The van der Waals surface area contributed by atoms with E-state index in [2.05, 4.69) is 0 Å². The molecule has 0 saturated heterocycles. The summed E-state index contributed by atoms with van der Waals surface area (Å²) in [5.74, 6) is -2.46. The van der Waals surface area contributed by atoms with Gasteiger partial charge in [-0.25, -0.2) is 9.69 Å². The molecule has 3 amide bonds. The van der Waals surface area contributed by atoms with Crippen LogP contribution in [0.1, 0.15) is 29.9 Å². The SMILES string of the molecule is CC(C(=O)C1C(=O)N(C(N)=O)c2cc(Cl)ccc21)c1ccccc1. The quantitative estimate of drug-likeness (QED) is 0.869. The number of imide groups is 1. The predicted molar refractivity (Wildman–Crippen MR) is 91.1 cm³/mol. The molecule has 0 fully saturated rings. The summed E-state index contributed by atoms with van der Waals surface area (Å²) in [6.07, 6.45) is 0. The van der Waals surface area contributed by atoms with E-state index in [1.165, 1.54) is 6.07 Å². The van der Waals surface area contributed by atoms with E-state index in [4.69, 9.17) is 17.3 Å². The summed E-state index contributed by atoms with van der Waals surface area (Å²) in [4.78, 5) is 38.1. The number of carbonyl (C=O) groups excluding carboxylic acids is 3. The number of primary amides is 1. The highest BCUT2D eigenvalue weighted by atomic mass is 35.5. The summed E-state index contributed by atoms with van der Waals surface area (Å²) in [5, 5.41) is 0.358. The Hall–Kier alpha value is -2.66. The summed E-state index contributed by atoms with van der Waals surface area (Å²) >= 11 is 5.95. The molecule has 0 aliphatic carbocycles. The average molecular weight is 343 g/mol. The molecule has 6 heteroatoms. The van der Waals surface area contributed by atoms with Crippen molar-refractivity contribution in [2.45, 2.75) is 18.8 Å². The predicted octanol–water partition coefficient (Wildman–Crippen LogP) is 3.22. The number of urea groups is 1. The molecule has 5 nitrogen and oxygen atoms in total. The average Bonchev–Trinajstić information content (AvgIpc) is 2.85. The Balaban J connectivity index is 2.04. The highest BCUT2D eigenvalue weighted by Gasteiger charge is 2.45. The van der Waals surface area contributed by atoms with Crippen LogP contribution in [0.5, 0.6) is 0 Å². The fourth-order valence-electron chi connectivity index (χ4n) is 2.99. The Labute approximate surface area is 144 Å². The van der Waals surface area contributed by atoms with Crippen LogP contribution in [0.25, 0.3) is 0 Å². The minimum absolute atomic E-state index is 0.276. The number of anilines is 1. The fraction of sp³-hybridized carbons (Fsp3) is 0.167. The topological polar surface area (TPSA) is 80.5 Å². The van der Waals surface area contributed by atoms with E-state index in [1.54, 1.807) is 19.1 Å². The number of hydrogen-bond donors (Lipinski definition) is 1. The zero-order valence-corrected chi connectivity index (χ0v) is 13.7. The van der Waals surface area contributed by atoms with Gasteiger partial charge in [-0.15, -0.1) is 0 Å². The minimum Gasteiger partial charge on any atom is -0.351 e. The molecule has 0 bridgehead atoms. The number of fused-ring (bicyclic) bond motifs is 1. The van der Waals surface area contributed by atoms with E-state index in [9.17, 15) is 14.4 Å². The van der Waals surface area contributed by atoms with E-state index < -0.39 is 23.8 Å². The van der Waals surface area contributed by atoms with E-state index in [1.807, 2.05) is 30.3 Å². The second kappa shape index (κ2) is 6.09. The van der Waals surface area contributed by atoms with Crippen molar-refractivity contribution in [3.63, 3.8) is 0 Å². The third-order valence-corrected chi connectivity index (χ3v) is 4.48. The van der Waals surface area contributed by atoms with Gasteiger partial charge in [0.05, 0.1) is 5.69 Å². The molecule has 2 N–H and O–H groups in total. The normalized spacial score (nSPS) is 17.5. The third-order valence-electron chi connectivity index (χ3n) is 4.24. The van der Waals surface area contributed by atoms with Crippen LogP contribution >= 0.6 is 11.6 Å². The molecule has 24 heavy (non-hydrogen) atoms. The number of ketones is 1. The smallest absolute Gasteiger partial charge is 0.326 e. The third kappa shape index (κ3) is 2.57. The first kappa shape index (κ1) is 16.2. The van der Waals surface area contributed by atoms with Crippen LogP contribution in [0.15, 0.2) is 48.5 Å². The van der Waals surface area contributed by atoms with Crippen LogP contribution in [0.3, 0.4) is 0 Å². The lowest BCUT2D eigenvalue weighted by Gasteiger charge is -2.16. The fourth-order valence-corrected chi connectivity index (χ4v) is 3.16. The molecule has 2 unspecified atom stereocenters. The molecular formula is C18H15ClN2O3. The zero-order valence-electron chi connectivity index (χ0n) is 12.9. The Kier molecular flexibility index (Phi) is 4.11. The molecule has 3 rings (SSSR count). The summed E-state index contributed by atoms with van der Waals surface area (Å²) in [7, 11) is 0. The maximum absolute atomic E-state index is 12.9. The van der Waals surface area contributed by atoms with Gasteiger partial charge in [0.1, 0.15) is 5.92 Å². The van der Waals surface area contributed by atoms with Crippen molar-refractivity contribution in [3.8, 4) is 0 Å². The van der Waals surface area contributed by atoms with Crippen molar-refractivity contribution < 1.29 is 14.4 Å². The van der Waals surface area contributed by atoms with Gasteiger partial charge in [-0.05, 0) is 23.3 Å². The standard InChI is InChI=1S/C18H15ClN2O3/c1-10(11-5-3-2-4-6-11)16(22)15-13-8-7-12(19)9-14(13)21(17(15)23)18(20)24/h2-10,15H,1H3,(H2,20,24). The van der Waals surface area contributed by atoms with Crippen LogP contribution in [-0.4, -0.2) is 17.7 Å². The van der Waals surface area contributed by atoms with Crippen molar-refractivity contribution in [1.29, 1.82) is 0 Å². The molecule has 1 aliphatic heterocycles. The number of nitrogens with two attached hydrogens (primary N) is 1. The van der Waals surface area contributed by atoms with Crippen LogP contribution in [0, 0.1) is 0 Å². The molecule has 2 aromatic rings. The molecule has 1 aliphatic rings. The molecule has 122 valence electrons. The molecular weight excluding hydrogens is 328 g/mol. The summed E-state index contributed by atoms with van der Waals surface area (Å²) < 4.78 is 0. The van der Waals surface area contributed by atoms with Gasteiger partial charge >= 0.3 is 6.03 Å². The largest absolute Gasteiger partial charge is 0.351 e. The van der Waals surface area contributed by atoms with Crippen molar-refractivity contribution in [2.24, 2.45) is 5.73 Å². The molecule has 1 heterocycles. The zero-order chi connectivity index (χ0) is 17.4. The van der Waals surface area contributed by atoms with Crippen LogP contribution in [0.2, 0.25) is 5.02 Å². The molecule has 0 spiro atoms. The lowest BCUT2D eigenvalue weighted by atomic mass is 9.85. The Morgan fingerprint density at radius 3 is 2.46 bits per heavy atom. The Bertz CT molecular complexity index is 835. The van der Waals surface area contributed by atoms with Gasteiger partial charge < -0.3 is 5.73 Å². The molecule has 2 atom stereocenters. The van der Waals surface area contributed by atoms with Gasteiger partial charge in [0.15, 0.2) is 5.78 Å². The van der Waals surface area contributed by atoms with Gasteiger partial charge in [0.25, 0.3) is 0 Å². The van der Waals surface area contributed by atoms with Gasteiger partial charge in [-0.3, -0.25) is 9.59 Å². The summed E-state index contributed by atoms with van der Waals surface area (Å²) in [6, 6.07) is 12.9. The number of Topliss-reactive ketones (excluding diaryl/α,β-unsaturated/α-hetero) is 1. The number of halogens is 1. The van der Waals surface area contributed by atoms with Gasteiger partial charge in [-0.1, -0.05) is 54.9 Å². The first-order valence-corrected chi connectivity index (χ1v) is 7.81. The van der Waals surface area contributed by atoms with Crippen molar-refractivity contribution in [2.75, 3.05) is 4.90 Å². The van der Waals surface area contributed by atoms with E-state index >= 15 is 0 Å². The summed E-state index contributed by atoms with van der Waals surface area (Å²) in [6.45, 7) is 1.74. The minimum atomic E-state index is -1.06. The molecule has 2 aromatic carbocycles. The van der Waals surface area contributed by atoms with E-state index in [-0.39, 0.29) is 11.5 Å². The molecule has 0 saturated carbocycles. The highest BCUT2D eigenvalue weighted by Crippen LogP contribution is 2.41. The van der Waals surface area contributed by atoms with Crippen LogP contribution in [0.4, 0.5) is 10.5 Å². The number of amides is 3. The number of hydrogen-bond acceptors (Lipinski definition) is 3. The van der Waals surface area contributed by atoms with Crippen molar-refractivity contribution in [1.82, 2.24) is 0 Å². The lowest BCUT2D eigenvalue weighted by molar-refractivity contribution is -0.128. The Morgan fingerprint density at radius 2 is 1.83 bits per heavy atom. The van der Waals surface area contributed by atoms with Crippen molar-refractivity contribution >= 4 is 35.0 Å². The number of nitrogens with zero attached hydrogens (tertiary/aromatic N) is 1.